The Kier molecular flexibility index (Phi) is 18.6. The molecule has 0 atom stereocenters. The molecule has 20 heavy (non-hydrogen) atoms. The van der Waals surface area contributed by atoms with Crippen molar-refractivity contribution in [1.82, 2.24) is 0 Å². The van der Waals surface area contributed by atoms with Crippen LogP contribution in [0.4, 0.5) is 0 Å². The Bertz CT molecular complexity index is 218. The highest BCUT2D eigenvalue weighted by Gasteiger charge is 1.91. The highest BCUT2D eigenvalue weighted by atomic mass is 35.5. The molecule has 1 heteroatoms. The molecular weight excluding hydrogens is 264 g/mol. The fourth-order valence-electron chi connectivity index (χ4n) is 2.27. The molecule has 0 saturated carbocycles. The van der Waals surface area contributed by atoms with Crippen molar-refractivity contribution in [1.29, 1.82) is 0 Å². The highest BCUT2D eigenvalue weighted by Crippen LogP contribution is 2.11. The van der Waals surface area contributed by atoms with Crippen molar-refractivity contribution in [2.75, 3.05) is 5.88 Å². The highest BCUT2D eigenvalue weighted by molar-refractivity contribution is 6.17. The van der Waals surface area contributed by atoms with Gasteiger partial charge in [-0.15, -0.1) is 11.6 Å². The summed E-state index contributed by atoms with van der Waals surface area (Å²) in [6, 6.07) is 0. The topological polar surface area (TPSA) is 0 Å². The zero-order valence-electron chi connectivity index (χ0n) is 13.6. The average molecular weight is 299 g/mol. The molecule has 0 N–H and O–H groups in total. The fourth-order valence-corrected chi connectivity index (χ4v) is 2.45. The van der Waals surface area contributed by atoms with Gasteiger partial charge in [-0.25, -0.2) is 0 Å². The van der Waals surface area contributed by atoms with Crippen LogP contribution in [0, 0.1) is 0 Å². The fraction of sp³-hybridized carbons (Fsp3) is 0.789. The number of hydrogen-bond donors (Lipinski definition) is 0. The molecule has 0 aliphatic carbocycles. The molecule has 0 aromatic carbocycles. The van der Waals surface area contributed by atoms with Crippen LogP contribution in [0.15, 0.2) is 24.3 Å². The van der Waals surface area contributed by atoms with Crippen LogP contribution in [-0.4, -0.2) is 5.88 Å². The van der Waals surface area contributed by atoms with Gasteiger partial charge in [0.1, 0.15) is 0 Å². The van der Waals surface area contributed by atoms with Crippen molar-refractivity contribution in [3.63, 3.8) is 0 Å². The Labute approximate surface area is 132 Å². The summed E-state index contributed by atoms with van der Waals surface area (Å²) in [5.41, 5.74) is 0. The summed E-state index contributed by atoms with van der Waals surface area (Å²) < 4.78 is 0. The molecule has 0 aromatic heterocycles. The lowest BCUT2D eigenvalue weighted by Gasteiger charge is -2.00. The molecule has 0 heterocycles. The van der Waals surface area contributed by atoms with Crippen molar-refractivity contribution in [2.24, 2.45) is 0 Å². The molecule has 0 rings (SSSR count). The van der Waals surface area contributed by atoms with Crippen molar-refractivity contribution in [2.45, 2.75) is 90.4 Å². The van der Waals surface area contributed by atoms with Gasteiger partial charge in [-0.3, -0.25) is 0 Å². The monoisotopic (exact) mass is 298 g/mol. The number of hydrogen-bond acceptors (Lipinski definition) is 0. The van der Waals surface area contributed by atoms with Crippen molar-refractivity contribution >= 4 is 11.6 Å². The van der Waals surface area contributed by atoms with Gasteiger partial charge in [0, 0.05) is 5.88 Å². The van der Waals surface area contributed by atoms with E-state index in [2.05, 4.69) is 31.2 Å². The van der Waals surface area contributed by atoms with E-state index in [1.165, 1.54) is 83.5 Å². The number of halogens is 1. The maximum absolute atomic E-state index is 5.66. The standard InChI is InChI=1S/C19H35Cl/c1-2-3-4-5-6-7-8-9-10-11-12-13-14-15-16-17-18-19-20/h5-8H,2-4,9-19H2,1H3/b6-5-,8-7-. The summed E-state index contributed by atoms with van der Waals surface area (Å²) in [4.78, 5) is 0. The zero-order chi connectivity index (χ0) is 14.7. The summed E-state index contributed by atoms with van der Waals surface area (Å²) in [5.74, 6) is 0.835. The molecular formula is C19H35Cl. The van der Waals surface area contributed by atoms with Gasteiger partial charge in [0.05, 0.1) is 0 Å². The molecule has 0 bridgehead atoms. The molecule has 0 fully saturated rings. The summed E-state index contributed by atoms with van der Waals surface area (Å²) >= 11 is 5.66. The van der Waals surface area contributed by atoms with Crippen LogP contribution in [0.25, 0.3) is 0 Å². The second-order valence-electron chi connectivity index (χ2n) is 5.66. The van der Waals surface area contributed by atoms with Crippen molar-refractivity contribution < 1.29 is 0 Å². The Morgan fingerprint density at radius 2 is 1.05 bits per heavy atom. The van der Waals surface area contributed by atoms with Crippen LogP contribution in [0.2, 0.25) is 0 Å². The predicted molar refractivity (Wildman–Crippen MR) is 94.7 cm³/mol. The number of rotatable bonds is 15. The average Bonchev–Trinajstić information content (AvgIpc) is 2.47. The second-order valence-corrected chi connectivity index (χ2v) is 6.04. The Balaban J connectivity index is 3.09. The van der Waals surface area contributed by atoms with Gasteiger partial charge in [-0.2, -0.15) is 0 Å². The number of allylic oxidation sites excluding steroid dienone is 4. The molecule has 0 nitrogen and oxygen atoms in total. The second kappa shape index (κ2) is 18.8. The molecule has 0 spiro atoms. The van der Waals surface area contributed by atoms with Gasteiger partial charge in [0.2, 0.25) is 0 Å². The molecule has 118 valence electrons. The minimum atomic E-state index is 0.835. The zero-order valence-corrected chi connectivity index (χ0v) is 14.3. The lowest BCUT2D eigenvalue weighted by atomic mass is 10.1. The molecule has 0 aliphatic rings. The normalized spacial score (nSPS) is 11.9. The van der Waals surface area contributed by atoms with Crippen LogP contribution in [0.1, 0.15) is 90.4 Å². The Morgan fingerprint density at radius 3 is 1.55 bits per heavy atom. The van der Waals surface area contributed by atoms with Gasteiger partial charge in [-0.05, 0) is 25.7 Å². The van der Waals surface area contributed by atoms with Crippen LogP contribution in [0.3, 0.4) is 0 Å². The maximum Gasteiger partial charge on any atom is 0.0223 e. The molecule has 0 amide bonds. The third kappa shape index (κ3) is 17.8. The van der Waals surface area contributed by atoms with Gasteiger partial charge < -0.3 is 0 Å². The first-order chi connectivity index (χ1) is 9.91. The van der Waals surface area contributed by atoms with E-state index < -0.39 is 0 Å². The van der Waals surface area contributed by atoms with E-state index in [1.54, 1.807) is 0 Å². The molecule has 0 aliphatic heterocycles. The van der Waals surface area contributed by atoms with E-state index in [0.29, 0.717) is 0 Å². The molecule has 0 radical (unpaired) electrons. The van der Waals surface area contributed by atoms with E-state index in [9.17, 15) is 0 Å². The van der Waals surface area contributed by atoms with Gasteiger partial charge in [0.25, 0.3) is 0 Å². The molecule has 0 aromatic rings. The number of alkyl halides is 1. The summed E-state index contributed by atoms with van der Waals surface area (Å²) in [6.07, 6.45) is 26.4. The quantitative estimate of drug-likeness (QED) is 0.167. The maximum atomic E-state index is 5.66. The van der Waals surface area contributed by atoms with Crippen molar-refractivity contribution in [3.8, 4) is 0 Å². The summed E-state index contributed by atoms with van der Waals surface area (Å²) in [5, 5.41) is 0. The first-order valence-electron chi connectivity index (χ1n) is 8.79. The Hall–Kier alpha value is -0.230. The van der Waals surface area contributed by atoms with Crippen LogP contribution >= 0.6 is 11.6 Å². The van der Waals surface area contributed by atoms with E-state index in [0.717, 1.165) is 5.88 Å². The lowest BCUT2D eigenvalue weighted by Crippen LogP contribution is -1.82. The third-order valence-corrected chi connectivity index (χ3v) is 3.88. The van der Waals surface area contributed by atoms with E-state index in [-0.39, 0.29) is 0 Å². The predicted octanol–water partition coefficient (Wildman–Crippen LogP) is 7.43. The SMILES string of the molecule is CCCC/C=C\C=C/CCCCCCCCCCCCl. The first kappa shape index (κ1) is 19.8. The van der Waals surface area contributed by atoms with Crippen LogP contribution in [0.5, 0.6) is 0 Å². The first-order valence-corrected chi connectivity index (χ1v) is 9.33. The van der Waals surface area contributed by atoms with Gasteiger partial charge >= 0.3 is 0 Å². The lowest BCUT2D eigenvalue weighted by molar-refractivity contribution is 0.567. The van der Waals surface area contributed by atoms with Crippen molar-refractivity contribution in [3.05, 3.63) is 24.3 Å². The summed E-state index contributed by atoms with van der Waals surface area (Å²) in [7, 11) is 0. The van der Waals surface area contributed by atoms with E-state index in [4.69, 9.17) is 11.6 Å². The molecule has 0 saturated heterocycles. The molecule has 0 unspecified atom stereocenters. The number of unbranched alkanes of at least 4 members (excludes halogenated alkanes) is 11. The van der Waals surface area contributed by atoms with Crippen LogP contribution < -0.4 is 0 Å². The smallest absolute Gasteiger partial charge is 0.0223 e. The summed E-state index contributed by atoms with van der Waals surface area (Å²) in [6.45, 7) is 2.24. The van der Waals surface area contributed by atoms with Gasteiger partial charge in [0.15, 0.2) is 0 Å². The van der Waals surface area contributed by atoms with E-state index in [1.807, 2.05) is 0 Å². The van der Waals surface area contributed by atoms with E-state index >= 15 is 0 Å². The Morgan fingerprint density at radius 1 is 0.600 bits per heavy atom. The largest absolute Gasteiger partial charge is 0.127 e. The van der Waals surface area contributed by atoms with Gasteiger partial charge in [-0.1, -0.05) is 89.0 Å². The minimum Gasteiger partial charge on any atom is -0.127 e. The third-order valence-electron chi connectivity index (χ3n) is 3.61. The minimum absolute atomic E-state index is 0.835. The van der Waals surface area contributed by atoms with Crippen LogP contribution in [-0.2, 0) is 0 Å².